The van der Waals surface area contributed by atoms with Crippen LogP contribution in [0.1, 0.15) is 5.56 Å². The van der Waals surface area contributed by atoms with Crippen LogP contribution in [-0.4, -0.2) is 17.9 Å². The van der Waals surface area contributed by atoms with Gasteiger partial charge in [-0.2, -0.15) is 13.2 Å². The molecule has 1 N–H and O–H groups in total. The maximum absolute atomic E-state index is 11.8. The lowest BCUT2D eigenvalue weighted by molar-refractivity contribution is -0.153. The molecule has 0 atom stereocenters. The number of rotatable bonds is 3. The molecule has 0 saturated heterocycles. The van der Waals surface area contributed by atoms with Crippen LogP contribution in [0.5, 0.6) is 5.75 Å². The minimum Gasteiger partial charge on any atom is -0.484 e. The van der Waals surface area contributed by atoms with Gasteiger partial charge in [-0.15, -0.1) is 0 Å². The monoisotopic (exact) mass is 240 g/mol. The van der Waals surface area contributed by atoms with Gasteiger partial charge in [0.25, 0.3) is 0 Å². The Hall–Kier alpha value is -0.940. The van der Waals surface area contributed by atoms with Crippen molar-refractivity contribution in [3.63, 3.8) is 0 Å². The van der Waals surface area contributed by atoms with Gasteiger partial charge in [-0.25, -0.2) is 0 Å². The summed E-state index contributed by atoms with van der Waals surface area (Å²) in [4.78, 5) is 0. The van der Waals surface area contributed by atoms with Gasteiger partial charge >= 0.3 is 6.18 Å². The van der Waals surface area contributed by atoms with Crippen LogP contribution in [0.15, 0.2) is 18.2 Å². The lowest BCUT2D eigenvalue weighted by atomic mass is 10.2. The van der Waals surface area contributed by atoms with Crippen molar-refractivity contribution in [2.45, 2.75) is 12.8 Å². The third-order valence-electron chi connectivity index (χ3n) is 1.60. The van der Waals surface area contributed by atoms with E-state index in [0.29, 0.717) is 5.56 Å². The van der Waals surface area contributed by atoms with E-state index in [4.69, 9.17) is 16.7 Å². The van der Waals surface area contributed by atoms with Crippen LogP contribution in [0.25, 0.3) is 0 Å². The van der Waals surface area contributed by atoms with Gasteiger partial charge in [0, 0.05) is 5.02 Å². The van der Waals surface area contributed by atoms with E-state index in [1.807, 2.05) is 0 Å². The van der Waals surface area contributed by atoms with Gasteiger partial charge in [0.2, 0.25) is 0 Å². The first-order chi connectivity index (χ1) is 6.92. The molecule has 0 aliphatic carbocycles. The second kappa shape index (κ2) is 4.72. The highest BCUT2D eigenvalue weighted by Crippen LogP contribution is 2.24. The molecule has 1 rings (SSSR count). The molecule has 6 heteroatoms. The highest BCUT2D eigenvalue weighted by atomic mass is 35.5. The van der Waals surface area contributed by atoms with Crippen molar-refractivity contribution < 1.29 is 23.0 Å². The quantitative estimate of drug-likeness (QED) is 0.880. The molecule has 0 amide bonds. The van der Waals surface area contributed by atoms with Crippen molar-refractivity contribution in [1.29, 1.82) is 0 Å². The van der Waals surface area contributed by atoms with Gasteiger partial charge in [-0.05, 0) is 17.7 Å². The van der Waals surface area contributed by atoms with Gasteiger partial charge in [0.1, 0.15) is 5.75 Å². The summed E-state index contributed by atoms with van der Waals surface area (Å²) in [5.41, 5.74) is 0.441. The van der Waals surface area contributed by atoms with Crippen molar-refractivity contribution in [3.8, 4) is 5.75 Å². The summed E-state index contributed by atoms with van der Waals surface area (Å²) in [6, 6.07) is 3.97. The number of benzene rings is 1. The van der Waals surface area contributed by atoms with Gasteiger partial charge in [-0.3, -0.25) is 0 Å². The van der Waals surface area contributed by atoms with E-state index in [1.165, 1.54) is 18.2 Å². The molecule has 0 saturated carbocycles. The zero-order valence-electron chi connectivity index (χ0n) is 7.51. The Kier molecular flexibility index (Phi) is 3.82. The fourth-order valence-corrected chi connectivity index (χ4v) is 1.14. The standard InChI is InChI=1S/C9H8ClF3O2/c10-8-3-7(2-1-6(8)4-14)15-5-9(11,12)13/h1-3,14H,4-5H2. The third kappa shape index (κ3) is 3.97. The topological polar surface area (TPSA) is 29.5 Å². The molecule has 2 nitrogen and oxygen atoms in total. The van der Waals surface area contributed by atoms with Gasteiger partial charge in [0.05, 0.1) is 6.61 Å². The minimum absolute atomic E-state index is 0.0227. The zero-order valence-corrected chi connectivity index (χ0v) is 8.27. The Morgan fingerprint density at radius 1 is 1.33 bits per heavy atom. The van der Waals surface area contributed by atoms with Crippen molar-refractivity contribution in [2.24, 2.45) is 0 Å². The molecular weight excluding hydrogens is 233 g/mol. The molecule has 1 aromatic rings. The normalized spacial score (nSPS) is 11.5. The number of aliphatic hydroxyl groups is 1. The van der Waals surface area contributed by atoms with E-state index in [9.17, 15) is 13.2 Å². The predicted octanol–water partition coefficient (Wildman–Crippen LogP) is 2.77. The molecule has 0 spiro atoms. The molecule has 0 aromatic heterocycles. The second-order valence-electron chi connectivity index (χ2n) is 2.82. The Morgan fingerprint density at radius 2 is 2.00 bits per heavy atom. The number of alkyl halides is 3. The Labute approximate surface area is 89.2 Å². The summed E-state index contributed by atoms with van der Waals surface area (Å²) in [6.45, 7) is -1.62. The zero-order chi connectivity index (χ0) is 11.5. The Bertz CT molecular complexity index is 339. The molecule has 84 valence electrons. The van der Waals surface area contributed by atoms with Gasteiger partial charge < -0.3 is 9.84 Å². The molecule has 0 heterocycles. The average molecular weight is 241 g/mol. The first-order valence-corrected chi connectivity index (χ1v) is 4.39. The lowest BCUT2D eigenvalue weighted by Gasteiger charge is -2.10. The molecular formula is C9H8ClF3O2. The molecule has 0 fully saturated rings. The van der Waals surface area contributed by atoms with Crippen molar-refractivity contribution in [1.82, 2.24) is 0 Å². The maximum atomic E-state index is 11.8. The van der Waals surface area contributed by atoms with Crippen LogP contribution >= 0.6 is 11.6 Å². The van der Waals surface area contributed by atoms with Crippen molar-refractivity contribution >= 4 is 11.6 Å². The van der Waals surface area contributed by atoms with Gasteiger partial charge in [0.15, 0.2) is 6.61 Å². The summed E-state index contributed by atoms with van der Waals surface area (Å²) in [5.74, 6) is 0.0227. The highest BCUT2D eigenvalue weighted by Gasteiger charge is 2.28. The van der Waals surface area contributed by atoms with E-state index in [-0.39, 0.29) is 17.4 Å². The van der Waals surface area contributed by atoms with E-state index in [0.717, 1.165) is 0 Å². The summed E-state index contributed by atoms with van der Waals surface area (Å²) in [7, 11) is 0. The molecule has 0 radical (unpaired) electrons. The molecule has 1 aromatic carbocycles. The second-order valence-corrected chi connectivity index (χ2v) is 3.22. The first kappa shape index (κ1) is 12.1. The fraction of sp³-hybridized carbons (Fsp3) is 0.333. The van der Waals surface area contributed by atoms with Crippen LogP contribution < -0.4 is 4.74 Å². The molecule has 0 aliphatic heterocycles. The summed E-state index contributed by atoms with van der Waals surface area (Å²) >= 11 is 5.66. The summed E-state index contributed by atoms with van der Waals surface area (Å²) < 4.78 is 39.8. The van der Waals surface area contributed by atoms with Crippen molar-refractivity contribution in [2.75, 3.05) is 6.61 Å². The fourth-order valence-electron chi connectivity index (χ4n) is 0.911. The van der Waals surface area contributed by atoms with E-state index < -0.39 is 12.8 Å². The van der Waals surface area contributed by atoms with Crippen LogP contribution in [0.3, 0.4) is 0 Å². The largest absolute Gasteiger partial charge is 0.484 e. The Morgan fingerprint density at radius 3 is 2.47 bits per heavy atom. The summed E-state index contributed by atoms with van der Waals surface area (Å²) in [6.07, 6.45) is -4.37. The SMILES string of the molecule is OCc1ccc(OCC(F)(F)F)cc1Cl. The predicted molar refractivity (Wildman–Crippen MR) is 48.9 cm³/mol. The van der Waals surface area contributed by atoms with E-state index in [2.05, 4.69) is 4.74 Å². The van der Waals surface area contributed by atoms with Gasteiger partial charge in [-0.1, -0.05) is 17.7 Å². The number of hydrogen-bond acceptors (Lipinski definition) is 2. The summed E-state index contributed by atoms with van der Waals surface area (Å²) in [5, 5.41) is 8.94. The first-order valence-electron chi connectivity index (χ1n) is 4.01. The molecule has 15 heavy (non-hydrogen) atoms. The van der Waals surface area contributed by atoms with E-state index >= 15 is 0 Å². The maximum Gasteiger partial charge on any atom is 0.422 e. The number of halogens is 4. The van der Waals surface area contributed by atoms with Crippen LogP contribution in [0, 0.1) is 0 Å². The molecule has 0 unspecified atom stereocenters. The number of ether oxygens (including phenoxy) is 1. The molecule has 0 bridgehead atoms. The van der Waals surface area contributed by atoms with Crippen LogP contribution in [0.2, 0.25) is 5.02 Å². The third-order valence-corrected chi connectivity index (χ3v) is 1.95. The average Bonchev–Trinajstić information content (AvgIpc) is 2.14. The minimum atomic E-state index is -4.37. The highest BCUT2D eigenvalue weighted by molar-refractivity contribution is 6.31. The van der Waals surface area contributed by atoms with Crippen LogP contribution in [-0.2, 0) is 6.61 Å². The van der Waals surface area contributed by atoms with E-state index in [1.54, 1.807) is 0 Å². The van der Waals surface area contributed by atoms with Crippen LogP contribution in [0.4, 0.5) is 13.2 Å². The number of aliphatic hydroxyl groups excluding tert-OH is 1. The van der Waals surface area contributed by atoms with Crippen molar-refractivity contribution in [3.05, 3.63) is 28.8 Å². The number of hydrogen-bond donors (Lipinski definition) is 1. The smallest absolute Gasteiger partial charge is 0.422 e. The lowest BCUT2D eigenvalue weighted by Crippen LogP contribution is -2.19. The Balaban J connectivity index is 2.68. The molecule has 0 aliphatic rings.